The lowest BCUT2D eigenvalue weighted by Crippen LogP contribution is -2.66. The Hall–Kier alpha value is -2.02. The van der Waals surface area contributed by atoms with Crippen molar-refractivity contribution < 1.29 is 15.6 Å². The van der Waals surface area contributed by atoms with Crippen LogP contribution in [-0.4, -0.2) is 37.1 Å². The normalized spacial score (nSPS) is 12.9. The van der Waals surface area contributed by atoms with Crippen molar-refractivity contribution in [2.24, 2.45) is 0 Å². The SMILES string of the molecule is [NH3+]C(Cc1ncnc2nc[nH]c12)C(=O)O. The van der Waals surface area contributed by atoms with Gasteiger partial charge in [0.15, 0.2) is 11.7 Å². The summed E-state index contributed by atoms with van der Waals surface area (Å²) in [6, 6.07) is -0.716. The van der Waals surface area contributed by atoms with Gasteiger partial charge in [0.05, 0.1) is 18.4 Å². The quantitative estimate of drug-likeness (QED) is 0.572. The van der Waals surface area contributed by atoms with E-state index in [0.29, 0.717) is 16.9 Å². The van der Waals surface area contributed by atoms with Crippen LogP contribution in [0.5, 0.6) is 0 Å². The van der Waals surface area contributed by atoms with Crippen LogP contribution in [0.1, 0.15) is 5.69 Å². The Morgan fingerprint density at radius 1 is 1.53 bits per heavy atom. The third kappa shape index (κ3) is 1.77. The highest BCUT2D eigenvalue weighted by Crippen LogP contribution is 2.10. The van der Waals surface area contributed by atoms with Crippen LogP contribution >= 0.6 is 0 Å². The van der Waals surface area contributed by atoms with Crippen LogP contribution in [0.4, 0.5) is 0 Å². The number of quaternary nitrogens is 1. The van der Waals surface area contributed by atoms with Gasteiger partial charge in [0, 0.05) is 0 Å². The first kappa shape index (κ1) is 9.53. The van der Waals surface area contributed by atoms with Gasteiger partial charge in [-0.05, 0) is 0 Å². The van der Waals surface area contributed by atoms with Crippen LogP contribution in [0.2, 0.25) is 0 Å². The summed E-state index contributed by atoms with van der Waals surface area (Å²) in [7, 11) is 0. The number of aromatic nitrogens is 4. The Morgan fingerprint density at radius 2 is 2.33 bits per heavy atom. The highest BCUT2D eigenvalue weighted by Gasteiger charge is 2.19. The summed E-state index contributed by atoms with van der Waals surface area (Å²) in [5.74, 6) is -0.943. The summed E-state index contributed by atoms with van der Waals surface area (Å²) in [4.78, 5) is 25.4. The zero-order valence-electron chi connectivity index (χ0n) is 7.84. The lowest BCUT2D eigenvalue weighted by Gasteiger charge is -2.02. The van der Waals surface area contributed by atoms with Gasteiger partial charge in [0.1, 0.15) is 11.8 Å². The summed E-state index contributed by atoms with van der Waals surface area (Å²) < 4.78 is 0. The highest BCUT2D eigenvalue weighted by molar-refractivity contribution is 5.75. The van der Waals surface area contributed by atoms with E-state index in [4.69, 9.17) is 5.11 Å². The molecule has 2 aromatic heterocycles. The number of nitrogens with one attached hydrogen (secondary N) is 1. The van der Waals surface area contributed by atoms with Crippen molar-refractivity contribution in [3.05, 3.63) is 18.3 Å². The smallest absolute Gasteiger partial charge is 0.362 e. The lowest BCUT2D eigenvalue weighted by atomic mass is 10.1. The Balaban J connectivity index is 2.35. The summed E-state index contributed by atoms with van der Waals surface area (Å²) in [5.41, 5.74) is 5.37. The molecule has 0 aliphatic heterocycles. The minimum Gasteiger partial charge on any atom is -0.477 e. The molecule has 0 aliphatic carbocycles. The number of carboxylic acid groups (broad SMARTS) is 1. The van der Waals surface area contributed by atoms with Gasteiger partial charge in [-0.25, -0.2) is 19.7 Å². The molecule has 0 saturated heterocycles. The minimum absolute atomic E-state index is 0.260. The van der Waals surface area contributed by atoms with Crippen molar-refractivity contribution >= 4 is 17.1 Å². The van der Waals surface area contributed by atoms with Gasteiger partial charge in [-0.3, -0.25) is 0 Å². The fourth-order valence-corrected chi connectivity index (χ4v) is 1.29. The van der Waals surface area contributed by atoms with Crippen LogP contribution in [0.3, 0.4) is 0 Å². The maximum absolute atomic E-state index is 10.6. The van der Waals surface area contributed by atoms with Crippen molar-refractivity contribution in [3.8, 4) is 0 Å². The standard InChI is InChI=1S/C8H9N5O2/c9-4(8(14)15)1-5-6-7(12-2-10-5)13-3-11-6/h2-4H,1,9H2,(H,14,15)(H,10,11,12,13)/p+1. The van der Waals surface area contributed by atoms with E-state index >= 15 is 0 Å². The van der Waals surface area contributed by atoms with Gasteiger partial charge in [-0.1, -0.05) is 0 Å². The molecule has 1 unspecified atom stereocenters. The Labute approximate surface area is 84.4 Å². The van der Waals surface area contributed by atoms with Crippen molar-refractivity contribution in [3.63, 3.8) is 0 Å². The number of imidazole rings is 1. The first-order chi connectivity index (χ1) is 7.18. The fraction of sp³-hybridized carbons (Fsp3) is 0.250. The predicted octanol–water partition coefficient (Wildman–Crippen LogP) is -1.41. The summed E-state index contributed by atoms with van der Waals surface area (Å²) in [6.07, 6.45) is 3.13. The van der Waals surface area contributed by atoms with E-state index in [-0.39, 0.29) is 6.42 Å². The highest BCUT2D eigenvalue weighted by atomic mass is 16.4. The molecular formula is C8H10N5O2+. The van der Waals surface area contributed by atoms with Crippen molar-refractivity contribution in [2.75, 3.05) is 0 Å². The molecule has 0 radical (unpaired) electrons. The maximum atomic E-state index is 10.6. The molecule has 7 heteroatoms. The molecule has 0 fully saturated rings. The number of hydrogen-bond donors (Lipinski definition) is 3. The van der Waals surface area contributed by atoms with E-state index in [9.17, 15) is 4.79 Å². The largest absolute Gasteiger partial charge is 0.477 e. The van der Waals surface area contributed by atoms with Gasteiger partial charge < -0.3 is 15.8 Å². The molecule has 0 aliphatic rings. The van der Waals surface area contributed by atoms with Gasteiger partial charge in [-0.2, -0.15) is 0 Å². The third-order valence-corrected chi connectivity index (χ3v) is 2.09. The van der Waals surface area contributed by atoms with Gasteiger partial charge in [0.25, 0.3) is 0 Å². The predicted molar refractivity (Wildman–Crippen MR) is 49.7 cm³/mol. The monoisotopic (exact) mass is 208 g/mol. The first-order valence-electron chi connectivity index (χ1n) is 4.37. The van der Waals surface area contributed by atoms with Crippen LogP contribution < -0.4 is 5.73 Å². The van der Waals surface area contributed by atoms with Crippen molar-refractivity contribution in [1.82, 2.24) is 19.9 Å². The van der Waals surface area contributed by atoms with Crippen LogP contribution in [0.25, 0.3) is 11.2 Å². The Bertz CT molecular complexity index is 494. The lowest BCUT2D eigenvalue weighted by molar-refractivity contribution is -0.407. The number of aromatic amines is 1. The average Bonchev–Trinajstić information content (AvgIpc) is 2.66. The van der Waals surface area contributed by atoms with E-state index < -0.39 is 12.0 Å². The number of aliphatic carboxylic acids is 1. The molecule has 0 saturated carbocycles. The number of rotatable bonds is 3. The molecular weight excluding hydrogens is 198 g/mol. The van der Waals surface area contributed by atoms with E-state index in [0.717, 1.165) is 0 Å². The average molecular weight is 208 g/mol. The molecule has 2 aromatic rings. The fourth-order valence-electron chi connectivity index (χ4n) is 1.29. The minimum atomic E-state index is -0.943. The molecule has 1 atom stereocenters. The van der Waals surface area contributed by atoms with Gasteiger partial charge >= 0.3 is 5.97 Å². The van der Waals surface area contributed by atoms with Crippen molar-refractivity contribution in [2.45, 2.75) is 12.5 Å². The second-order valence-corrected chi connectivity index (χ2v) is 3.16. The summed E-state index contributed by atoms with van der Waals surface area (Å²) in [5, 5.41) is 8.73. The zero-order valence-corrected chi connectivity index (χ0v) is 7.84. The van der Waals surface area contributed by atoms with Crippen LogP contribution in [0.15, 0.2) is 12.7 Å². The van der Waals surface area contributed by atoms with E-state index in [1.165, 1.54) is 12.7 Å². The second kappa shape index (κ2) is 3.62. The number of fused-ring (bicyclic) bond motifs is 1. The molecule has 15 heavy (non-hydrogen) atoms. The third-order valence-electron chi connectivity index (χ3n) is 2.09. The maximum Gasteiger partial charge on any atom is 0.362 e. The molecule has 78 valence electrons. The molecule has 0 amide bonds. The second-order valence-electron chi connectivity index (χ2n) is 3.16. The number of carboxylic acids is 1. The summed E-state index contributed by atoms with van der Waals surface area (Å²) in [6.45, 7) is 0. The van der Waals surface area contributed by atoms with E-state index in [1.807, 2.05) is 0 Å². The molecule has 0 spiro atoms. The molecule has 5 N–H and O–H groups in total. The van der Waals surface area contributed by atoms with E-state index in [1.54, 1.807) is 0 Å². The molecule has 7 nitrogen and oxygen atoms in total. The summed E-state index contributed by atoms with van der Waals surface area (Å²) >= 11 is 0. The van der Waals surface area contributed by atoms with Crippen LogP contribution in [0, 0.1) is 0 Å². The van der Waals surface area contributed by atoms with Gasteiger partial charge in [-0.15, -0.1) is 0 Å². The van der Waals surface area contributed by atoms with Crippen molar-refractivity contribution in [1.29, 1.82) is 0 Å². The molecule has 0 aromatic carbocycles. The number of hydrogen-bond acceptors (Lipinski definition) is 4. The Morgan fingerprint density at radius 3 is 3.07 bits per heavy atom. The number of carbonyl (C=O) groups is 1. The van der Waals surface area contributed by atoms with Gasteiger partial charge in [0.2, 0.25) is 0 Å². The molecule has 2 heterocycles. The topological polar surface area (TPSA) is 119 Å². The molecule has 0 bridgehead atoms. The first-order valence-corrected chi connectivity index (χ1v) is 4.37. The molecule has 2 rings (SSSR count). The zero-order chi connectivity index (χ0) is 10.8. The van der Waals surface area contributed by atoms with Crippen LogP contribution in [-0.2, 0) is 11.2 Å². The number of H-pyrrole nitrogens is 1. The number of nitrogens with zero attached hydrogens (tertiary/aromatic N) is 3. The Kier molecular flexibility index (Phi) is 2.30. The van der Waals surface area contributed by atoms with E-state index in [2.05, 4.69) is 25.7 Å².